The second kappa shape index (κ2) is 4.53. The zero-order valence-corrected chi connectivity index (χ0v) is 11.5. The summed E-state index contributed by atoms with van der Waals surface area (Å²) in [5.74, 6) is 0. The van der Waals surface area contributed by atoms with E-state index in [1.807, 2.05) is 0 Å². The largest absolute Gasteiger partial charge is 0.373 e. The molecule has 0 N–H and O–H groups in total. The maximum absolute atomic E-state index is 5.69. The van der Waals surface area contributed by atoms with Crippen molar-refractivity contribution in [3.05, 3.63) is 20.8 Å². The van der Waals surface area contributed by atoms with Gasteiger partial charge < -0.3 is 4.74 Å². The summed E-state index contributed by atoms with van der Waals surface area (Å²) in [6, 6.07) is 2.20. The van der Waals surface area contributed by atoms with E-state index in [4.69, 9.17) is 4.74 Å². The van der Waals surface area contributed by atoms with Gasteiger partial charge in [-0.3, -0.25) is 4.90 Å². The predicted octanol–water partition coefficient (Wildman–Crippen LogP) is 3.12. The minimum atomic E-state index is 0.00546. The summed E-state index contributed by atoms with van der Waals surface area (Å²) in [6.45, 7) is 8.25. The van der Waals surface area contributed by atoms with Crippen molar-refractivity contribution >= 4 is 27.3 Å². The molecule has 0 saturated carbocycles. The SMILES string of the molecule is CC1(C)CN(Cc2csc(Br)c2)CCO1. The summed E-state index contributed by atoms with van der Waals surface area (Å²) >= 11 is 5.25. The number of morpholine rings is 1. The number of hydrogen-bond acceptors (Lipinski definition) is 3. The lowest BCUT2D eigenvalue weighted by atomic mass is 10.1. The first-order valence-corrected chi connectivity index (χ1v) is 6.82. The molecule has 1 fully saturated rings. The van der Waals surface area contributed by atoms with E-state index in [-0.39, 0.29) is 5.60 Å². The number of ether oxygens (including phenoxy) is 1. The number of rotatable bonds is 2. The highest BCUT2D eigenvalue weighted by molar-refractivity contribution is 9.11. The predicted molar refractivity (Wildman–Crippen MR) is 67.3 cm³/mol. The van der Waals surface area contributed by atoms with Gasteiger partial charge in [0.25, 0.3) is 0 Å². The Morgan fingerprint density at radius 1 is 1.60 bits per heavy atom. The minimum absolute atomic E-state index is 0.00546. The molecular weight excluding hydrogens is 274 g/mol. The van der Waals surface area contributed by atoms with E-state index in [2.05, 4.69) is 46.1 Å². The van der Waals surface area contributed by atoms with Crippen molar-refractivity contribution in [2.24, 2.45) is 0 Å². The van der Waals surface area contributed by atoms with Gasteiger partial charge in [-0.05, 0) is 46.8 Å². The van der Waals surface area contributed by atoms with Crippen molar-refractivity contribution in [3.63, 3.8) is 0 Å². The lowest BCUT2D eigenvalue weighted by Gasteiger charge is -2.38. The first-order valence-electron chi connectivity index (χ1n) is 5.14. The molecule has 0 atom stereocenters. The van der Waals surface area contributed by atoms with E-state index in [1.54, 1.807) is 11.3 Å². The molecule has 1 saturated heterocycles. The van der Waals surface area contributed by atoms with Gasteiger partial charge >= 0.3 is 0 Å². The van der Waals surface area contributed by atoms with Gasteiger partial charge in [0.05, 0.1) is 16.0 Å². The zero-order chi connectivity index (χ0) is 10.9. The number of halogens is 1. The fraction of sp³-hybridized carbons (Fsp3) is 0.636. The smallest absolute Gasteiger partial charge is 0.0753 e. The van der Waals surface area contributed by atoms with Crippen LogP contribution in [0.3, 0.4) is 0 Å². The summed E-state index contributed by atoms with van der Waals surface area (Å²) in [5, 5.41) is 2.21. The first kappa shape index (κ1) is 11.6. The minimum Gasteiger partial charge on any atom is -0.373 e. The molecule has 0 radical (unpaired) electrons. The summed E-state index contributed by atoms with van der Waals surface area (Å²) in [4.78, 5) is 2.46. The lowest BCUT2D eigenvalue weighted by Crippen LogP contribution is -2.47. The van der Waals surface area contributed by atoms with Crippen molar-refractivity contribution in [1.82, 2.24) is 4.90 Å². The number of thiophene rings is 1. The average Bonchev–Trinajstić information content (AvgIpc) is 2.49. The van der Waals surface area contributed by atoms with Crippen LogP contribution in [0.2, 0.25) is 0 Å². The Bertz CT molecular complexity index is 337. The van der Waals surface area contributed by atoms with Crippen LogP contribution in [-0.2, 0) is 11.3 Å². The van der Waals surface area contributed by atoms with Crippen LogP contribution >= 0.6 is 27.3 Å². The highest BCUT2D eigenvalue weighted by atomic mass is 79.9. The topological polar surface area (TPSA) is 12.5 Å². The molecule has 2 heterocycles. The Morgan fingerprint density at radius 2 is 2.40 bits per heavy atom. The van der Waals surface area contributed by atoms with Gasteiger partial charge in [-0.25, -0.2) is 0 Å². The van der Waals surface area contributed by atoms with Crippen molar-refractivity contribution in [2.75, 3.05) is 19.7 Å². The van der Waals surface area contributed by atoms with Crippen LogP contribution in [0.4, 0.5) is 0 Å². The van der Waals surface area contributed by atoms with Gasteiger partial charge in [0, 0.05) is 19.6 Å². The van der Waals surface area contributed by atoms with Crippen molar-refractivity contribution in [2.45, 2.75) is 26.0 Å². The second-order valence-corrected chi connectivity index (χ2v) is 6.87. The molecule has 0 amide bonds. The highest BCUT2D eigenvalue weighted by Gasteiger charge is 2.26. The van der Waals surface area contributed by atoms with Gasteiger partial charge in [-0.1, -0.05) is 0 Å². The molecule has 1 aromatic rings. The summed E-state index contributed by atoms with van der Waals surface area (Å²) < 4.78 is 6.90. The van der Waals surface area contributed by atoms with Crippen LogP contribution < -0.4 is 0 Å². The Kier molecular flexibility index (Phi) is 3.50. The van der Waals surface area contributed by atoms with Crippen LogP contribution in [0, 0.1) is 0 Å². The normalized spacial score (nSPS) is 21.8. The van der Waals surface area contributed by atoms with E-state index in [1.165, 1.54) is 9.35 Å². The van der Waals surface area contributed by atoms with E-state index in [9.17, 15) is 0 Å². The average molecular weight is 290 g/mol. The Balaban J connectivity index is 1.95. The third-order valence-electron chi connectivity index (χ3n) is 2.53. The highest BCUT2D eigenvalue weighted by Crippen LogP contribution is 2.23. The van der Waals surface area contributed by atoms with E-state index < -0.39 is 0 Å². The van der Waals surface area contributed by atoms with Gasteiger partial charge in [-0.15, -0.1) is 11.3 Å². The van der Waals surface area contributed by atoms with E-state index in [0.717, 1.165) is 26.2 Å². The van der Waals surface area contributed by atoms with Crippen molar-refractivity contribution in [3.8, 4) is 0 Å². The van der Waals surface area contributed by atoms with Crippen LogP contribution in [0.5, 0.6) is 0 Å². The molecule has 0 bridgehead atoms. The molecule has 2 nitrogen and oxygen atoms in total. The van der Waals surface area contributed by atoms with Crippen LogP contribution in [-0.4, -0.2) is 30.2 Å². The fourth-order valence-corrected chi connectivity index (χ4v) is 3.14. The van der Waals surface area contributed by atoms with Gasteiger partial charge in [-0.2, -0.15) is 0 Å². The summed E-state index contributed by atoms with van der Waals surface area (Å²) in [7, 11) is 0. The molecule has 0 spiro atoms. The maximum atomic E-state index is 5.69. The molecule has 1 aliphatic heterocycles. The van der Waals surface area contributed by atoms with Crippen LogP contribution in [0.25, 0.3) is 0 Å². The van der Waals surface area contributed by atoms with Gasteiger partial charge in [0.1, 0.15) is 0 Å². The third-order valence-corrected chi connectivity index (χ3v) is 4.09. The Morgan fingerprint density at radius 3 is 3.00 bits per heavy atom. The molecule has 0 unspecified atom stereocenters. The van der Waals surface area contributed by atoms with Crippen LogP contribution in [0.1, 0.15) is 19.4 Å². The Labute approximate surface area is 103 Å². The van der Waals surface area contributed by atoms with Gasteiger partial charge in [0.15, 0.2) is 0 Å². The Hall–Kier alpha value is 0.1000. The molecule has 1 aliphatic rings. The van der Waals surface area contributed by atoms with Crippen molar-refractivity contribution < 1.29 is 4.74 Å². The monoisotopic (exact) mass is 289 g/mol. The number of hydrogen-bond donors (Lipinski definition) is 0. The molecule has 15 heavy (non-hydrogen) atoms. The summed E-state index contributed by atoms with van der Waals surface area (Å²) in [5.41, 5.74) is 1.40. The molecule has 2 rings (SSSR count). The second-order valence-electron chi connectivity index (χ2n) is 4.58. The fourth-order valence-electron chi connectivity index (χ4n) is 1.94. The maximum Gasteiger partial charge on any atom is 0.0753 e. The zero-order valence-electron chi connectivity index (χ0n) is 9.12. The first-order chi connectivity index (χ1) is 7.05. The molecule has 0 aliphatic carbocycles. The third kappa shape index (κ3) is 3.28. The molecular formula is C11H16BrNOS. The van der Waals surface area contributed by atoms with Crippen LogP contribution in [0.15, 0.2) is 15.2 Å². The van der Waals surface area contributed by atoms with Crippen molar-refractivity contribution in [1.29, 1.82) is 0 Å². The summed E-state index contributed by atoms with van der Waals surface area (Å²) in [6.07, 6.45) is 0. The molecule has 1 aromatic heterocycles. The number of nitrogens with zero attached hydrogens (tertiary/aromatic N) is 1. The molecule has 4 heteroatoms. The lowest BCUT2D eigenvalue weighted by molar-refractivity contribution is -0.0882. The van der Waals surface area contributed by atoms with E-state index in [0.29, 0.717) is 0 Å². The quantitative estimate of drug-likeness (QED) is 0.830. The standard InChI is InChI=1S/C11H16BrNOS/c1-11(2)8-13(3-4-14-11)6-9-5-10(12)15-7-9/h5,7H,3-4,6,8H2,1-2H3. The molecule has 0 aromatic carbocycles. The molecule has 84 valence electrons. The van der Waals surface area contributed by atoms with E-state index >= 15 is 0 Å². The van der Waals surface area contributed by atoms with Gasteiger partial charge in [0.2, 0.25) is 0 Å².